The lowest BCUT2D eigenvalue weighted by Crippen LogP contribution is -2.34. The molecule has 0 radical (unpaired) electrons. The molecule has 162 valence electrons. The van der Waals surface area contributed by atoms with Crippen molar-refractivity contribution in [3.05, 3.63) is 48.0 Å². The molecule has 7 heteroatoms. The van der Waals surface area contributed by atoms with Gasteiger partial charge in [-0.2, -0.15) is 0 Å². The molecule has 2 heterocycles. The Hall–Kier alpha value is -3.35. The first-order valence-electron chi connectivity index (χ1n) is 10.5. The number of aromatic nitrogens is 2. The number of phenols is 1. The molecule has 0 bridgehead atoms. The summed E-state index contributed by atoms with van der Waals surface area (Å²) in [5.41, 5.74) is 7.18. The van der Waals surface area contributed by atoms with Crippen LogP contribution < -0.4 is 10.6 Å². The van der Waals surface area contributed by atoms with Gasteiger partial charge in [0.15, 0.2) is 5.82 Å². The molecule has 0 saturated carbocycles. The molecule has 1 fully saturated rings. The van der Waals surface area contributed by atoms with Crippen molar-refractivity contribution < 1.29 is 14.6 Å². The number of aromatic hydroxyl groups is 1. The van der Waals surface area contributed by atoms with Crippen molar-refractivity contribution in [1.82, 2.24) is 9.97 Å². The number of rotatable bonds is 5. The third-order valence-electron chi connectivity index (χ3n) is 5.72. The summed E-state index contributed by atoms with van der Waals surface area (Å²) in [5.74, 6) is 1.87. The zero-order chi connectivity index (χ0) is 22.2. The summed E-state index contributed by atoms with van der Waals surface area (Å²) < 4.78 is 5.28. The number of carbonyl (C=O) groups excluding carboxylic acids is 1. The Morgan fingerprint density at radius 2 is 2.03 bits per heavy atom. The molecule has 3 N–H and O–H groups in total. The van der Waals surface area contributed by atoms with Crippen LogP contribution in [0.25, 0.3) is 22.3 Å². The molecule has 7 nitrogen and oxygen atoms in total. The number of benzene rings is 2. The number of fused-ring (bicyclic) bond motifs is 1. The fourth-order valence-electron chi connectivity index (χ4n) is 4.45. The number of carbonyl (C=O) groups is 1. The van der Waals surface area contributed by atoms with E-state index in [1.807, 2.05) is 39.0 Å². The molecule has 0 unspecified atom stereocenters. The van der Waals surface area contributed by atoms with Gasteiger partial charge in [0.25, 0.3) is 0 Å². The van der Waals surface area contributed by atoms with Crippen LogP contribution in [0, 0.1) is 12.8 Å². The van der Waals surface area contributed by atoms with Crippen molar-refractivity contribution in [3.63, 3.8) is 0 Å². The largest absolute Gasteiger partial charge is 0.507 e. The van der Waals surface area contributed by atoms with Crippen LogP contribution in [0.15, 0.2) is 42.5 Å². The fraction of sp³-hybridized carbons (Fsp3) is 0.375. The minimum Gasteiger partial charge on any atom is -0.507 e. The Morgan fingerprint density at radius 1 is 1.26 bits per heavy atom. The smallest absolute Gasteiger partial charge is 0.405 e. The number of nitrogens with two attached hydrogens (primary N) is 1. The number of ether oxygens (including phenoxy) is 1. The molecule has 31 heavy (non-hydrogen) atoms. The number of para-hydroxylation sites is 1. The molecule has 3 aromatic rings. The van der Waals surface area contributed by atoms with Crippen molar-refractivity contribution in [1.29, 1.82) is 0 Å². The van der Waals surface area contributed by atoms with Crippen LogP contribution in [0.1, 0.15) is 32.3 Å². The van der Waals surface area contributed by atoms with E-state index in [4.69, 9.17) is 20.4 Å². The minimum atomic E-state index is -0.746. The molecule has 1 aliphatic rings. The highest BCUT2D eigenvalue weighted by molar-refractivity contribution is 5.92. The van der Waals surface area contributed by atoms with Gasteiger partial charge in [-0.3, -0.25) is 0 Å². The minimum absolute atomic E-state index is 0.158. The maximum Gasteiger partial charge on any atom is 0.405 e. The number of phenolic OH excluding ortho intramolecular Hbond substituents is 1. The second-order valence-corrected chi connectivity index (χ2v) is 8.89. The maximum atomic E-state index is 11.2. The summed E-state index contributed by atoms with van der Waals surface area (Å²) >= 11 is 0. The Labute approximate surface area is 181 Å². The van der Waals surface area contributed by atoms with Gasteiger partial charge in [0.2, 0.25) is 0 Å². The van der Waals surface area contributed by atoms with E-state index in [9.17, 15) is 9.90 Å². The van der Waals surface area contributed by atoms with Crippen LogP contribution in [0.5, 0.6) is 5.75 Å². The van der Waals surface area contributed by atoms with Gasteiger partial charge in [-0.25, -0.2) is 14.8 Å². The summed E-state index contributed by atoms with van der Waals surface area (Å²) in [6.45, 7) is 7.45. The van der Waals surface area contributed by atoms with Crippen LogP contribution in [-0.4, -0.2) is 39.9 Å². The third-order valence-corrected chi connectivity index (χ3v) is 5.72. The van der Waals surface area contributed by atoms with Gasteiger partial charge >= 0.3 is 6.09 Å². The Balaban J connectivity index is 1.69. The Kier molecular flexibility index (Phi) is 5.43. The van der Waals surface area contributed by atoms with Gasteiger partial charge in [0.1, 0.15) is 17.2 Å². The first-order valence-corrected chi connectivity index (χ1v) is 10.5. The van der Waals surface area contributed by atoms with E-state index in [0.29, 0.717) is 17.3 Å². The number of hydrogen-bond donors (Lipinski definition) is 2. The monoisotopic (exact) mass is 420 g/mol. The van der Waals surface area contributed by atoms with E-state index in [1.54, 1.807) is 12.1 Å². The van der Waals surface area contributed by atoms with Gasteiger partial charge in [-0.1, -0.05) is 18.2 Å². The van der Waals surface area contributed by atoms with Crippen molar-refractivity contribution in [3.8, 4) is 17.1 Å². The van der Waals surface area contributed by atoms with E-state index >= 15 is 0 Å². The van der Waals surface area contributed by atoms with Gasteiger partial charge in [-0.15, -0.1) is 0 Å². The van der Waals surface area contributed by atoms with Gasteiger partial charge in [0.05, 0.1) is 11.1 Å². The molecule has 1 atom stereocenters. The molecular weight excluding hydrogens is 392 g/mol. The summed E-state index contributed by atoms with van der Waals surface area (Å²) in [4.78, 5) is 23.1. The normalized spacial score (nSPS) is 16.6. The van der Waals surface area contributed by atoms with Crippen LogP contribution in [0.3, 0.4) is 0 Å². The number of primary amides is 1. The Bertz CT molecular complexity index is 1130. The molecule has 0 aliphatic carbocycles. The lowest BCUT2D eigenvalue weighted by molar-refractivity contribution is 0.0286. The predicted octanol–water partition coefficient (Wildman–Crippen LogP) is 4.40. The fourth-order valence-corrected chi connectivity index (χ4v) is 4.45. The van der Waals surface area contributed by atoms with Crippen molar-refractivity contribution >= 4 is 22.8 Å². The maximum absolute atomic E-state index is 11.2. The zero-order valence-corrected chi connectivity index (χ0v) is 18.1. The van der Waals surface area contributed by atoms with Gasteiger partial charge < -0.3 is 20.5 Å². The SMILES string of the molecule is Cc1ccc2c(N3CC[C@H](CC(C)(C)OC(N)=O)C3)nc(-c3ccccc3O)nc2c1. The number of anilines is 1. The first kappa shape index (κ1) is 20.9. The van der Waals surface area contributed by atoms with Crippen molar-refractivity contribution in [2.45, 2.75) is 39.2 Å². The number of nitrogens with zero attached hydrogens (tertiary/aromatic N) is 3. The summed E-state index contributed by atoms with van der Waals surface area (Å²) in [5, 5.41) is 11.3. The standard InChI is InChI=1S/C24H28N4O3/c1-15-8-9-17-19(12-15)26-21(18-6-4-5-7-20(18)29)27-22(17)28-11-10-16(14-28)13-24(2,3)31-23(25)30/h4-9,12,16,29H,10-11,13-14H2,1-3H3,(H2,25,30)/t16-/m1/s1. The van der Waals surface area contributed by atoms with E-state index in [1.165, 1.54) is 0 Å². The summed E-state index contributed by atoms with van der Waals surface area (Å²) in [6, 6.07) is 13.3. The molecular formula is C24H28N4O3. The van der Waals surface area contributed by atoms with Gasteiger partial charge in [-0.05, 0) is 69.4 Å². The first-order chi connectivity index (χ1) is 14.7. The van der Waals surface area contributed by atoms with Crippen molar-refractivity contribution in [2.75, 3.05) is 18.0 Å². The van der Waals surface area contributed by atoms with Gasteiger partial charge in [0, 0.05) is 18.5 Å². The second-order valence-electron chi connectivity index (χ2n) is 8.89. The van der Waals surface area contributed by atoms with Crippen LogP contribution in [0.2, 0.25) is 0 Å². The average molecular weight is 421 g/mol. The molecule has 2 aromatic carbocycles. The highest BCUT2D eigenvalue weighted by Gasteiger charge is 2.32. The molecule has 0 spiro atoms. The highest BCUT2D eigenvalue weighted by atomic mass is 16.6. The lowest BCUT2D eigenvalue weighted by atomic mass is 9.93. The molecule has 1 saturated heterocycles. The second kappa shape index (κ2) is 8.06. The van der Waals surface area contributed by atoms with E-state index in [2.05, 4.69) is 17.0 Å². The van der Waals surface area contributed by atoms with Crippen LogP contribution in [0.4, 0.5) is 10.6 Å². The zero-order valence-electron chi connectivity index (χ0n) is 18.1. The topological polar surface area (TPSA) is 102 Å². The van der Waals surface area contributed by atoms with Crippen molar-refractivity contribution in [2.24, 2.45) is 11.7 Å². The number of hydrogen-bond acceptors (Lipinski definition) is 6. The van der Waals surface area contributed by atoms with E-state index < -0.39 is 11.7 Å². The highest BCUT2D eigenvalue weighted by Crippen LogP contribution is 2.35. The number of amides is 1. The molecule has 1 aliphatic heterocycles. The third kappa shape index (κ3) is 4.55. The van der Waals surface area contributed by atoms with E-state index in [0.717, 1.165) is 48.2 Å². The molecule has 4 rings (SSSR count). The number of aryl methyl sites for hydroxylation is 1. The average Bonchev–Trinajstić information content (AvgIpc) is 3.13. The van der Waals surface area contributed by atoms with Crippen LogP contribution >= 0.6 is 0 Å². The molecule has 1 aromatic heterocycles. The van der Waals surface area contributed by atoms with Crippen LogP contribution in [-0.2, 0) is 4.74 Å². The predicted molar refractivity (Wildman–Crippen MR) is 121 cm³/mol. The summed E-state index contributed by atoms with van der Waals surface area (Å²) in [7, 11) is 0. The molecule has 1 amide bonds. The Morgan fingerprint density at radius 3 is 2.77 bits per heavy atom. The lowest BCUT2D eigenvalue weighted by Gasteiger charge is -2.27. The quantitative estimate of drug-likeness (QED) is 0.634. The van der Waals surface area contributed by atoms with E-state index in [-0.39, 0.29) is 5.75 Å². The summed E-state index contributed by atoms with van der Waals surface area (Å²) in [6.07, 6.45) is 0.944.